The summed E-state index contributed by atoms with van der Waals surface area (Å²) in [5, 5.41) is 17.9. The Morgan fingerprint density at radius 2 is 1.97 bits per heavy atom. The zero-order valence-corrected chi connectivity index (χ0v) is 17.4. The molecule has 4 aromatic rings. The molecule has 0 fully saturated rings. The number of fused-ring (bicyclic) bond motifs is 1. The molecule has 0 unspecified atom stereocenters. The number of nitrogens with zero attached hydrogens (tertiary/aromatic N) is 2. The molecule has 2 N–H and O–H groups in total. The number of carbonyl (C=O) groups is 1. The molecule has 1 aliphatic heterocycles. The van der Waals surface area contributed by atoms with Gasteiger partial charge in [-0.1, -0.05) is 42.8 Å². The third-order valence-corrected chi connectivity index (χ3v) is 5.88. The van der Waals surface area contributed by atoms with Crippen LogP contribution in [0.2, 0.25) is 0 Å². The highest BCUT2D eigenvalue weighted by Gasteiger charge is 2.42. The fraction of sp³-hybridized carbons (Fsp3) is 0.200. The van der Waals surface area contributed by atoms with Gasteiger partial charge >= 0.3 is 0 Å². The molecule has 2 aromatic heterocycles. The minimum absolute atomic E-state index is 0.136. The van der Waals surface area contributed by atoms with Gasteiger partial charge in [0.25, 0.3) is 5.91 Å². The molecule has 2 aromatic carbocycles. The minimum atomic E-state index is -0.341. The number of aromatic amines is 1. The molecule has 1 atom stereocenters. The van der Waals surface area contributed by atoms with Gasteiger partial charge in [0, 0.05) is 11.1 Å². The quantitative estimate of drug-likeness (QED) is 0.483. The fourth-order valence-electron chi connectivity index (χ4n) is 4.26. The van der Waals surface area contributed by atoms with Crippen LogP contribution in [0.4, 0.5) is 0 Å². The molecule has 1 amide bonds. The average Bonchev–Trinajstić information content (AvgIpc) is 3.50. The second-order valence-electron chi connectivity index (χ2n) is 7.89. The highest BCUT2D eigenvalue weighted by atomic mass is 16.3. The normalized spacial score (nSPS) is 15.5. The van der Waals surface area contributed by atoms with Crippen LogP contribution >= 0.6 is 0 Å². The van der Waals surface area contributed by atoms with Gasteiger partial charge in [0.2, 0.25) is 0 Å². The zero-order valence-electron chi connectivity index (χ0n) is 17.4. The number of aryl methyl sites for hydroxylation is 2. The Balaban J connectivity index is 1.67. The van der Waals surface area contributed by atoms with Gasteiger partial charge in [-0.3, -0.25) is 9.89 Å². The predicted octanol–water partition coefficient (Wildman–Crippen LogP) is 4.99. The molecule has 156 valence electrons. The smallest absolute Gasteiger partial charge is 0.273 e. The number of amides is 1. The van der Waals surface area contributed by atoms with Crippen molar-refractivity contribution >= 4 is 5.91 Å². The van der Waals surface area contributed by atoms with Crippen LogP contribution in [0.25, 0.3) is 11.3 Å². The van der Waals surface area contributed by atoms with Crippen molar-refractivity contribution in [1.29, 1.82) is 0 Å². The van der Waals surface area contributed by atoms with Crippen LogP contribution in [-0.2, 0) is 13.0 Å². The number of phenolic OH excluding ortho intramolecular Hbond substituents is 1. The molecule has 6 heteroatoms. The molecule has 0 spiro atoms. The molecular formula is C25H23N3O3. The Morgan fingerprint density at radius 1 is 1.16 bits per heavy atom. The third-order valence-electron chi connectivity index (χ3n) is 5.88. The first kappa shape index (κ1) is 19.2. The topological polar surface area (TPSA) is 82.4 Å². The van der Waals surface area contributed by atoms with E-state index in [-0.39, 0.29) is 17.7 Å². The van der Waals surface area contributed by atoms with E-state index in [1.165, 1.54) is 5.56 Å². The lowest BCUT2D eigenvalue weighted by Crippen LogP contribution is -2.29. The summed E-state index contributed by atoms with van der Waals surface area (Å²) in [6.45, 7) is 4.42. The largest absolute Gasteiger partial charge is 0.507 e. The first-order chi connectivity index (χ1) is 15.1. The van der Waals surface area contributed by atoms with Crippen molar-refractivity contribution in [3.63, 3.8) is 0 Å². The van der Waals surface area contributed by atoms with Crippen LogP contribution < -0.4 is 0 Å². The molecule has 0 saturated carbocycles. The van der Waals surface area contributed by atoms with E-state index in [2.05, 4.69) is 41.4 Å². The highest BCUT2D eigenvalue weighted by molar-refractivity contribution is 6.00. The molecule has 6 nitrogen and oxygen atoms in total. The van der Waals surface area contributed by atoms with Gasteiger partial charge in [-0.15, -0.1) is 0 Å². The maximum Gasteiger partial charge on any atom is 0.273 e. The highest BCUT2D eigenvalue weighted by Crippen LogP contribution is 2.45. The Kier molecular flexibility index (Phi) is 4.62. The number of hydrogen-bond donors (Lipinski definition) is 2. The summed E-state index contributed by atoms with van der Waals surface area (Å²) >= 11 is 0. The summed E-state index contributed by atoms with van der Waals surface area (Å²) in [4.78, 5) is 15.2. The van der Waals surface area contributed by atoms with E-state index in [4.69, 9.17) is 4.42 Å². The molecule has 0 aliphatic carbocycles. The van der Waals surface area contributed by atoms with Crippen LogP contribution in [0, 0.1) is 6.92 Å². The fourth-order valence-corrected chi connectivity index (χ4v) is 4.26. The second-order valence-corrected chi connectivity index (χ2v) is 7.89. The number of aromatic nitrogens is 2. The Bertz CT molecular complexity index is 1240. The van der Waals surface area contributed by atoms with Crippen molar-refractivity contribution in [2.24, 2.45) is 0 Å². The third kappa shape index (κ3) is 3.20. The van der Waals surface area contributed by atoms with E-state index in [0.29, 0.717) is 29.3 Å². The van der Waals surface area contributed by atoms with Gasteiger partial charge in [0.15, 0.2) is 0 Å². The van der Waals surface area contributed by atoms with E-state index in [0.717, 1.165) is 23.1 Å². The van der Waals surface area contributed by atoms with Crippen molar-refractivity contribution in [2.75, 3.05) is 0 Å². The van der Waals surface area contributed by atoms with Gasteiger partial charge in [0.1, 0.15) is 22.9 Å². The molecule has 0 bridgehead atoms. The molecule has 1 aliphatic rings. The summed E-state index contributed by atoms with van der Waals surface area (Å²) in [5.41, 5.74) is 5.66. The van der Waals surface area contributed by atoms with E-state index in [1.54, 1.807) is 17.2 Å². The first-order valence-corrected chi connectivity index (χ1v) is 10.4. The number of benzene rings is 2. The van der Waals surface area contributed by atoms with Crippen molar-refractivity contribution in [3.05, 3.63) is 94.6 Å². The maximum absolute atomic E-state index is 13.4. The molecule has 31 heavy (non-hydrogen) atoms. The van der Waals surface area contributed by atoms with Crippen molar-refractivity contribution < 1.29 is 14.3 Å². The van der Waals surface area contributed by atoms with Gasteiger partial charge in [0.05, 0.1) is 18.8 Å². The van der Waals surface area contributed by atoms with Crippen LogP contribution in [-0.4, -0.2) is 26.1 Å². The van der Waals surface area contributed by atoms with E-state index in [9.17, 15) is 9.90 Å². The Labute approximate surface area is 180 Å². The first-order valence-electron chi connectivity index (χ1n) is 10.4. The molecule has 3 heterocycles. The Morgan fingerprint density at radius 3 is 2.68 bits per heavy atom. The van der Waals surface area contributed by atoms with Crippen LogP contribution in [0.3, 0.4) is 0 Å². The van der Waals surface area contributed by atoms with Crippen molar-refractivity contribution in [3.8, 4) is 17.0 Å². The number of rotatable bonds is 5. The summed E-state index contributed by atoms with van der Waals surface area (Å²) in [6.07, 6.45) is 2.55. The SMILES string of the molecule is CCc1ccc([C@H]2c3c(-c4cc(C)ccc4O)n[nH]c3C(=O)N2Cc2ccco2)cc1. The maximum atomic E-state index is 13.4. The van der Waals surface area contributed by atoms with Gasteiger partial charge < -0.3 is 14.4 Å². The van der Waals surface area contributed by atoms with Crippen LogP contribution in [0.5, 0.6) is 5.75 Å². The van der Waals surface area contributed by atoms with Crippen molar-refractivity contribution in [1.82, 2.24) is 15.1 Å². The lowest BCUT2D eigenvalue weighted by molar-refractivity contribution is 0.0717. The lowest BCUT2D eigenvalue weighted by Gasteiger charge is -2.26. The van der Waals surface area contributed by atoms with Gasteiger partial charge in [-0.25, -0.2) is 0 Å². The molecule has 0 radical (unpaired) electrons. The van der Waals surface area contributed by atoms with Crippen LogP contribution in [0.1, 0.15) is 51.5 Å². The number of phenols is 1. The molecule has 0 saturated heterocycles. The second kappa shape index (κ2) is 7.47. The average molecular weight is 413 g/mol. The van der Waals surface area contributed by atoms with E-state index < -0.39 is 0 Å². The summed E-state index contributed by atoms with van der Waals surface area (Å²) in [7, 11) is 0. The number of carbonyl (C=O) groups excluding carboxylic acids is 1. The van der Waals surface area contributed by atoms with Crippen molar-refractivity contribution in [2.45, 2.75) is 32.9 Å². The number of aromatic hydroxyl groups is 1. The lowest BCUT2D eigenvalue weighted by atomic mass is 9.94. The summed E-state index contributed by atoms with van der Waals surface area (Å²) < 4.78 is 5.53. The monoisotopic (exact) mass is 413 g/mol. The number of H-pyrrole nitrogens is 1. The Hall–Kier alpha value is -3.80. The number of hydrogen-bond acceptors (Lipinski definition) is 4. The van der Waals surface area contributed by atoms with Gasteiger partial charge in [-0.2, -0.15) is 5.10 Å². The standard InChI is InChI=1S/C25H23N3O3/c1-3-16-7-9-17(10-8-16)24-21-22(19-13-15(2)6-11-20(19)29)26-27-23(21)25(30)28(24)14-18-5-4-12-31-18/h4-13,24,29H,3,14H2,1-2H3,(H,26,27)/t24-/m0/s1. The summed E-state index contributed by atoms with van der Waals surface area (Å²) in [5.74, 6) is 0.709. The van der Waals surface area contributed by atoms with Gasteiger partial charge in [-0.05, 0) is 48.7 Å². The minimum Gasteiger partial charge on any atom is -0.507 e. The predicted molar refractivity (Wildman–Crippen MR) is 117 cm³/mol. The molecular weight excluding hydrogens is 390 g/mol. The van der Waals surface area contributed by atoms with E-state index >= 15 is 0 Å². The number of furan rings is 1. The van der Waals surface area contributed by atoms with Crippen LogP contribution in [0.15, 0.2) is 65.3 Å². The molecule has 5 rings (SSSR count). The number of nitrogens with one attached hydrogen (secondary N) is 1. The summed E-state index contributed by atoms with van der Waals surface area (Å²) in [6, 6.07) is 17.0. The van der Waals surface area contributed by atoms with E-state index in [1.807, 2.05) is 31.2 Å². The zero-order chi connectivity index (χ0) is 21.5.